The number of allylic oxidation sites excluding steroid dienone is 2. The SMILES string of the molecule is CC1=Cc2c(-c3ccc(C(C)(C)C)cc3)c(C)cc(C)c2[CH]1[Zr]([CH3])([CH3])(=[SiH2])[CH]1C(C(C)C)=Cc2c(-c3ccc(C(C)(C)C)cc3)cccc21.Cl.Cl. The zero-order chi connectivity index (χ0) is 35.2. The minimum Gasteiger partial charge on any atom is -0.147 e. The summed E-state index contributed by atoms with van der Waals surface area (Å²) in [5, 5.41) is 0. The molecule has 0 bridgehead atoms. The van der Waals surface area contributed by atoms with Crippen LogP contribution in [0.25, 0.3) is 34.4 Å². The van der Waals surface area contributed by atoms with Gasteiger partial charge in [0.1, 0.15) is 0 Å². The van der Waals surface area contributed by atoms with E-state index >= 15 is 0 Å². The second-order valence-electron chi connectivity index (χ2n) is 18.7. The minimum absolute atomic E-state index is 0. The van der Waals surface area contributed by atoms with Crippen molar-refractivity contribution in [2.75, 3.05) is 0 Å². The predicted octanol–water partition coefficient (Wildman–Crippen LogP) is 13.7. The van der Waals surface area contributed by atoms with Crippen LogP contribution >= 0.6 is 24.8 Å². The molecule has 0 spiro atoms. The maximum Gasteiger partial charge on any atom is -0.147 e. The molecule has 4 heteroatoms. The van der Waals surface area contributed by atoms with E-state index in [1.807, 2.05) is 0 Å². The summed E-state index contributed by atoms with van der Waals surface area (Å²) < 4.78 is 6.58. The third kappa shape index (κ3) is 6.94. The number of hydrogen-bond acceptors (Lipinski definition) is 0. The van der Waals surface area contributed by atoms with Gasteiger partial charge in [0, 0.05) is 0 Å². The topological polar surface area (TPSA) is 0 Å². The van der Waals surface area contributed by atoms with Gasteiger partial charge in [-0.2, -0.15) is 0 Å². The molecule has 0 N–H and O–H groups in total. The van der Waals surface area contributed by atoms with Crippen LogP contribution in [-0.2, 0) is 28.2 Å². The number of fused-ring (bicyclic) bond motifs is 2. The van der Waals surface area contributed by atoms with Gasteiger partial charge in [0.25, 0.3) is 0 Å². The van der Waals surface area contributed by atoms with Crippen molar-refractivity contribution >= 4 is 43.8 Å². The van der Waals surface area contributed by atoms with E-state index in [-0.39, 0.29) is 35.6 Å². The van der Waals surface area contributed by atoms with Gasteiger partial charge in [-0.25, -0.2) is 0 Å². The maximum atomic E-state index is 2.79. The molecule has 6 rings (SSSR count). The molecule has 0 aliphatic heterocycles. The summed E-state index contributed by atoms with van der Waals surface area (Å²) in [7, 11) is 0. The van der Waals surface area contributed by atoms with E-state index in [0.717, 1.165) is 0 Å². The quantitative estimate of drug-likeness (QED) is 0.176. The van der Waals surface area contributed by atoms with Gasteiger partial charge in [0.2, 0.25) is 0 Å². The molecule has 0 saturated heterocycles. The molecule has 0 fully saturated rings. The van der Waals surface area contributed by atoms with Crippen LogP contribution in [-0.4, -0.2) is 6.88 Å². The molecule has 266 valence electrons. The molecule has 0 saturated carbocycles. The Kier molecular flexibility index (Phi) is 11.3. The molecule has 0 radical (unpaired) electrons. The van der Waals surface area contributed by atoms with Crippen molar-refractivity contribution in [2.24, 2.45) is 5.92 Å². The van der Waals surface area contributed by atoms with Crippen LogP contribution in [0, 0.1) is 19.8 Å². The van der Waals surface area contributed by atoms with E-state index < -0.39 is 17.4 Å². The first-order valence-corrected chi connectivity index (χ1v) is 31.8. The second-order valence-corrected chi connectivity index (χ2v) is 49.1. The average molecular weight is 803 g/mol. The Labute approximate surface area is 319 Å². The zero-order valence-corrected chi connectivity index (χ0v) is 38.3. The molecule has 4 aromatic rings. The van der Waals surface area contributed by atoms with Crippen LogP contribution in [0.2, 0.25) is 9.26 Å². The van der Waals surface area contributed by atoms with Crippen molar-refractivity contribution in [1.82, 2.24) is 0 Å². The van der Waals surface area contributed by atoms with E-state index in [1.165, 1.54) is 55.6 Å². The van der Waals surface area contributed by atoms with Gasteiger partial charge >= 0.3 is 297 Å². The molecule has 2 aliphatic rings. The van der Waals surface area contributed by atoms with Crippen molar-refractivity contribution in [1.29, 1.82) is 0 Å². The van der Waals surface area contributed by atoms with Gasteiger partial charge in [-0.3, -0.25) is 0 Å². The number of halogens is 2. The second kappa shape index (κ2) is 13.8. The summed E-state index contributed by atoms with van der Waals surface area (Å²) in [6, 6.07) is 28.5. The van der Waals surface area contributed by atoms with Gasteiger partial charge < -0.3 is 0 Å². The van der Waals surface area contributed by atoms with E-state index in [0.29, 0.717) is 13.2 Å². The molecule has 0 amide bonds. The molecule has 0 heterocycles. The first-order valence-electron chi connectivity index (χ1n) is 18.1. The smallest absolute Gasteiger partial charge is 0.147 e. The fraction of sp³-hybridized carbons (Fsp3) is 0.391. The average Bonchev–Trinajstić information content (AvgIpc) is 3.56. The van der Waals surface area contributed by atoms with Crippen molar-refractivity contribution in [3.63, 3.8) is 0 Å². The first kappa shape index (κ1) is 40.8. The van der Waals surface area contributed by atoms with Crippen LogP contribution in [0.4, 0.5) is 0 Å². The van der Waals surface area contributed by atoms with Crippen LogP contribution in [0.15, 0.2) is 83.9 Å². The van der Waals surface area contributed by atoms with E-state index in [2.05, 4.69) is 177 Å². The molecule has 0 nitrogen and oxygen atoms in total. The molecule has 2 atom stereocenters. The van der Waals surface area contributed by atoms with Gasteiger partial charge in [-0.1, -0.05) is 0 Å². The molecule has 4 aromatic carbocycles. The molecular weight excluding hydrogens is 743 g/mol. The van der Waals surface area contributed by atoms with Gasteiger partial charge in [-0.05, 0) is 0 Å². The Balaban J connectivity index is 0.00000281. The Morgan fingerprint density at radius 2 is 1.16 bits per heavy atom. The van der Waals surface area contributed by atoms with E-state index in [9.17, 15) is 0 Å². The largest absolute Gasteiger partial charge is 0.147 e. The van der Waals surface area contributed by atoms with Crippen molar-refractivity contribution < 1.29 is 17.4 Å². The van der Waals surface area contributed by atoms with Crippen molar-refractivity contribution in [2.45, 2.75) is 104 Å². The molecule has 50 heavy (non-hydrogen) atoms. The fourth-order valence-electron chi connectivity index (χ4n) is 9.40. The molecule has 2 aliphatic carbocycles. The number of aryl methyl sites for hydroxylation is 2. The normalized spacial score (nSPS) is 17.4. The van der Waals surface area contributed by atoms with E-state index in [1.54, 1.807) is 22.3 Å². The summed E-state index contributed by atoms with van der Waals surface area (Å²) in [6.45, 7) is 28.3. The Bertz CT molecular complexity index is 2060. The van der Waals surface area contributed by atoms with E-state index in [4.69, 9.17) is 0 Å². The summed E-state index contributed by atoms with van der Waals surface area (Å²) in [4.78, 5) is 0. The number of rotatable bonds is 5. The van der Waals surface area contributed by atoms with Crippen molar-refractivity contribution in [3.05, 3.63) is 128 Å². The Hall–Kier alpha value is -1.96. The zero-order valence-electron chi connectivity index (χ0n) is 32.8. The molecule has 0 aromatic heterocycles. The van der Waals surface area contributed by atoms with Gasteiger partial charge in [0.15, 0.2) is 0 Å². The monoisotopic (exact) mass is 800 g/mol. The van der Waals surface area contributed by atoms with Crippen LogP contribution in [0.5, 0.6) is 0 Å². The fourth-order valence-corrected chi connectivity index (χ4v) is 30.0. The standard InChI is InChI=1S/2C22H25.2CH3.2ClH.H2Si.Zr/c1-14-11-19-15(2)13-16(3)21(20(19)12-14)17-7-9-18(10-8-17)22(4,5)6;1-15(2)18-13-17-7-6-8-20(21(17)14-18)16-9-11-19(12-10-16)22(3,4)5;;;;;;/h7-13H,1-6H3;6-15H,1-5H3;2*1H3;2*1H;1H2;. The Morgan fingerprint density at radius 1 is 0.640 bits per heavy atom. The van der Waals surface area contributed by atoms with Crippen LogP contribution in [0.1, 0.15) is 114 Å². The predicted molar refractivity (Wildman–Crippen MR) is 227 cm³/mol. The Morgan fingerprint density at radius 3 is 1.66 bits per heavy atom. The summed E-state index contributed by atoms with van der Waals surface area (Å²) >= 11 is -3.74. The van der Waals surface area contributed by atoms with Crippen LogP contribution < -0.4 is 0 Å². The summed E-state index contributed by atoms with van der Waals surface area (Å²) in [5.74, 6) is 0.497. The van der Waals surface area contributed by atoms with Crippen molar-refractivity contribution in [3.8, 4) is 22.3 Å². The first-order chi connectivity index (χ1) is 22.2. The number of benzene rings is 4. The minimum atomic E-state index is -3.74. The van der Waals surface area contributed by atoms with Crippen LogP contribution in [0.3, 0.4) is 0 Å². The maximum absolute atomic E-state index is 3.74. The molecular formula is C46H60Cl2SiZr. The third-order valence-electron chi connectivity index (χ3n) is 11.7. The number of hydrogen-bond donors (Lipinski definition) is 0. The third-order valence-corrected chi connectivity index (χ3v) is 29.3. The summed E-state index contributed by atoms with van der Waals surface area (Å²) in [5.41, 5.74) is 20.8. The molecule has 2 unspecified atom stereocenters. The summed E-state index contributed by atoms with van der Waals surface area (Å²) in [6.07, 6.45) is 5.20. The van der Waals surface area contributed by atoms with Gasteiger partial charge in [-0.15, -0.1) is 24.8 Å². The van der Waals surface area contributed by atoms with Gasteiger partial charge in [0.05, 0.1) is 0 Å².